The molecule has 150 valence electrons. The third kappa shape index (κ3) is 3.68. The number of hydrogen-bond donors (Lipinski definition) is 1. The molecule has 0 radical (unpaired) electrons. The number of ether oxygens (including phenoxy) is 3. The summed E-state index contributed by atoms with van der Waals surface area (Å²) < 4.78 is 30.9. The predicted octanol–water partition coefficient (Wildman–Crippen LogP) is 2.73. The van der Waals surface area contributed by atoms with Crippen LogP contribution >= 0.6 is 0 Å². The summed E-state index contributed by atoms with van der Waals surface area (Å²) >= 11 is 0. The predicted molar refractivity (Wildman–Crippen MR) is 101 cm³/mol. The van der Waals surface area contributed by atoms with Gasteiger partial charge >= 0.3 is 0 Å². The highest BCUT2D eigenvalue weighted by atomic mass is 19.1. The Labute approximate surface area is 163 Å². The lowest BCUT2D eigenvalue weighted by Gasteiger charge is -2.41. The Kier molecular flexibility index (Phi) is 6.16. The lowest BCUT2D eigenvalue weighted by atomic mass is 9.96. The summed E-state index contributed by atoms with van der Waals surface area (Å²) in [7, 11) is 3.06. The monoisotopic (exact) mass is 389 g/mol. The van der Waals surface area contributed by atoms with Crippen LogP contribution in [0.25, 0.3) is 0 Å². The summed E-state index contributed by atoms with van der Waals surface area (Å²) in [5, 5.41) is 9.83. The van der Waals surface area contributed by atoms with Crippen molar-refractivity contribution < 1.29 is 28.5 Å². The molecule has 2 aromatic rings. The molecule has 0 spiro atoms. The van der Waals surface area contributed by atoms with E-state index in [1.807, 2.05) is 0 Å². The lowest BCUT2D eigenvalue weighted by Crippen LogP contribution is -2.49. The van der Waals surface area contributed by atoms with E-state index in [-0.39, 0.29) is 25.3 Å². The maximum atomic E-state index is 14.6. The maximum Gasteiger partial charge on any atom is 0.257 e. The lowest BCUT2D eigenvalue weighted by molar-refractivity contribution is -0.0812. The molecule has 3 rings (SSSR count). The third-order valence-electron chi connectivity index (χ3n) is 4.96. The largest absolute Gasteiger partial charge is 0.493 e. The third-order valence-corrected chi connectivity index (χ3v) is 4.96. The number of rotatable bonds is 5. The minimum atomic E-state index is -0.635. The average Bonchev–Trinajstić information content (AvgIpc) is 2.74. The van der Waals surface area contributed by atoms with Gasteiger partial charge in [-0.3, -0.25) is 4.79 Å². The van der Waals surface area contributed by atoms with Gasteiger partial charge in [-0.05, 0) is 36.2 Å². The van der Waals surface area contributed by atoms with Crippen molar-refractivity contribution >= 4 is 5.91 Å². The van der Waals surface area contributed by atoms with Crippen molar-refractivity contribution in [2.75, 3.05) is 34.0 Å². The quantitative estimate of drug-likeness (QED) is 0.852. The van der Waals surface area contributed by atoms with Gasteiger partial charge in [-0.25, -0.2) is 4.39 Å². The second-order valence-electron chi connectivity index (χ2n) is 6.59. The van der Waals surface area contributed by atoms with Gasteiger partial charge in [0.1, 0.15) is 11.9 Å². The molecule has 0 saturated carbocycles. The van der Waals surface area contributed by atoms with Crippen LogP contribution in [0.3, 0.4) is 0 Å². The number of aliphatic hydroxyl groups is 1. The first-order valence-corrected chi connectivity index (χ1v) is 9.02. The Morgan fingerprint density at radius 2 is 2.00 bits per heavy atom. The molecular weight excluding hydrogens is 365 g/mol. The number of aliphatic hydroxyl groups excluding tert-OH is 1. The summed E-state index contributed by atoms with van der Waals surface area (Å²) in [4.78, 5) is 14.7. The molecule has 1 fully saturated rings. The van der Waals surface area contributed by atoms with Gasteiger partial charge in [0.2, 0.25) is 0 Å². The van der Waals surface area contributed by atoms with Crippen molar-refractivity contribution in [3.05, 3.63) is 58.9 Å². The van der Waals surface area contributed by atoms with Crippen LogP contribution in [0.15, 0.2) is 36.4 Å². The van der Waals surface area contributed by atoms with E-state index >= 15 is 0 Å². The summed E-state index contributed by atoms with van der Waals surface area (Å²) in [5.41, 5.74) is 1.11. The summed E-state index contributed by atoms with van der Waals surface area (Å²) in [6.45, 7) is 1.88. The van der Waals surface area contributed by atoms with E-state index in [0.717, 1.165) is 0 Å². The number of morpholine rings is 1. The first-order chi connectivity index (χ1) is 13.5. The molecule has 2 atom stereocenters. The van der Waals surface area contributed by atoms with Crippen LogP contribution in [0.5, 0.6) is 11.5 Å². The number of amides is 1. The second-order valence-corrected chi connectivity index (χ2v) is 6.59. The van der Waals surface area contributed by atoms with Gasteiger partial charge in [0.05, 0.1) is 39.0 Å². The van der Waals surface area contributed by atoms with E-state index in [1.165, 1.54) is 20.3 Å². The van der Waals surface area contributed by atoms with Gasteiger partial charge in [-0.15, -0.1) is 0 Å². The Hall–Kier alpha value is -2.64. The Bertz CT molecular complexity index is 857. The molecule has 7 heteroatoms. The average molecular weight is 389 g/mol. The van der Waals surface area contributed by atoms with Gasteiger partial charge < -0.3 is 24.2 Å². The molecule has 0 unspecified atom stereocenters. The molecule has 2 aromatic carbocycles. The van der Waals surface area contributed by atoms with Crippen LogP contribution < -0.4 is 9.47 Å². The SMILES string of the molecule is COc1ccc([C@@H]2[C@@H](CO)OCCN2C(=O)c2cccc(C)c2F)cc1OC. The number of carbonyl (C=O) groups excluding carboxylic acids is 1. The molecule has 1 aliphatic rings. The molecule has 1 amide bonds. The fourth-order valence-electron chi connectivity index (χ4n) is 3.51. The van der Waals surface area contributed by atoms with E-state index in [9.17, 15) is 14.3 Å². The Morgan fingerprint density at radius 1 is 1.25 bits per heavy atom. The molecule has 0 bridgehead atoms. The molecule has 1 N–H and O–H groups in total. The highest BCUT2D eigenvalue weighted by Gasteiger charge is 2.37. The normalized spacial score (nSPS) is 19.4. The molecule has 28 heavy (non-hydrogen) atoms. The van der Waals surface area contributed by atoms with Crippen LogP contribution in [0.4, 0.5) is 4.39 Å². The van der Waals surface area contributed by atoms with Crippen LogP contribution in [0.1, 0.15) is 27.5 Å². The molecule has 1 heterocycles. The van der Waals surface area contributed by atoms with Gasteiger partial charge in [-0.2, -0.15) is 0 Å². The Morgan fingerprint density at radius 3 is 2.68 bits per heavy atom. The van der Waals surface area contributed by atoms with Crippen LogP contribution in [0, 0.1) is 12.7 Å². The number of benzene rings is 2. The summed E-state index contributed by atoms with van der Waals surface area (Å²) in [5.74, 6) is 0.0656. The number of halogens is 1. The number of hydrogen-bond acceptors (Lipinski definition) is 5. The van der Waals surface area contributed by atoms with E-state index in [0.29, 0.717) is 22.6 Å². The highest BCUT2D eigenvalue weighted by Crippen LogP contribution is 2.36. The Balaban J connectivity index is 2.04. The van der Waals surface area contributed by atoms with E-state index in [4.69, 9.17) is 14.2 Å². The molecule has 0 aliphatic carbocycles. The maximum absolute atomic E-state index is 14.6. The topological polar surface area (TPSA) is 68.2 Å². The smallest absolute Gasteiger partial charge is 0.257 e. The second kappa shape index (κ2) is 8.58. The standard InChI is InChI=1S/C21H24FNO5/c1-13-5-4-6-15(19(13)22)21(25)23-9-10-28-18(12-24)20(23)14-7-8-16(26-2)17(11-14)27-3/h4-8,11,18,20,24H,9-10,12H2,1-3H3/t18-,20-/m1/s1. The summed E-state index contributed by atoms with van der Waals surface area (Å²) in [6.07, 6.45) is -0.635. The van der Waals surface area contributed by atoms with Crippen molar-refractivity contribution in [3.63, 3.8) is 0 Å². The first kappa shape index (κ1) is 20.1. The van der Waals surface area contributed by atoms with Crippen molar-refractivity contribution in [2.24, 2.45) is 0 Å². The molecule has 6 nitrogen and oxygen atoms in total. The van der Waals surface area contributed by atoms with Crippen molar-refractivity contribution in [1.82, 2.24) is 4.90 Å². The van der Waals surface area contributed by atoms with E-state index in [1.54, 1.807) is 42.2 Å². The minimum absolute atomic E-state index is 0.00377. The van der Waals surface area contributed by atoms with Gasteiger partial charge in [0.15, 0.2) is 11.5 Å². The number of carbonyl (C=O) groups is 1. The van der Waals surface area contributed by atoms with Crippen molar-refractivity contribution in [2.45, 2.75) is 19.1 Å². The van der Waals surface area contributed by atoms with Gasteiger partial charge in [-0.1, -0.05) is 18.2 Å². The van der Waals surface area contributed by atoms with Crippen LogP contribution in [0.2, 0.25) is 0 Å². The molecular formula is C21H24FNO5. The zero-order valence-corrected chi connectivity index (χ0v) is 16.1. The van der Waals surface area contributed by atoms with E-state index < -0.39 is 23.9 Å². The number of aryl methyl sites for hydroxylation is 1. The van der Waals surface area contributed by atoms with Crippen molar-refractivity contribution in [1.29, 1.82) is 0 Å². The van der Waals surface area contributed by atoms with Crippen molar-refractivity contribution in [3.8, 4) is 11.5 Å². The number of methoxy groups -OCH3 is 2. The zero-order chi connectivity index (χ0) is 20.3. The fourth-order valence-corrected chi connectivity index (χ4v) is 3.51. The fraction of sp³-hybridized carbons (Fsp3) is 0.381. The van der Waals surface area contributed by atoms with Crippen LogP contribution in [-0.2, 0) is 4.74 Å². The highest BCUT2D eigenvalue weighted by molar-refractivity contribution is 5.95. The van der Waals surface area contributed by atoms with Gasteiger partial charge in [0, 0.05) is 6.54 Å². The van der Waals surface area contributed by atoms with E-state index in [2.05, 4.69) is 0 Å². The first-order valence-electron chi connectivity index (χ1n) is 9.02. The summed E-state index contributed by atoms with van der Waals surface area (Å²) in [6, 6.07) is 9.41. The number of nitrogens with zero attached hydrogens (tertiary/aromatic N) is 1. The van der Waals surface area contributed by atoms with Crippen LogP contribution in [-0.4, -0.2) is 56.0 Å². The molecule has 1 saturated heterocycles. The zero-order valence-electron chi connectivity index (χ0n) is 16.1. The molecule has 1 aliphatic heterocycles. The minimum Gasteiger partial charge on any atom is -0.493 e. The molecule has 0 aromatic heterocycles. The van der Waals surface area contributed by atoms with Gasteiger partial charge in [0.25, 0.3) is 5.91 Å².